The third-order valence-corrected chi connectivity index (χ3v) is 3.90. The zero-order valence-corrected chi connectivity index (χ0v) is 13.6. The van der Waals surface area contributed by atoms with E-state index in [0.29, 0.717) is 6.42 Å². The number of aromatic nitrogens is 2. The summed E-state index contributed by atoms with van der Waals surface area (Å²) in [6.07, 6.45) is -0.294. The molecule has 0 bridgehead atoms. The molecule has 0 aliphatic carbocycles. The molecule has 4 nitrogen and oxygen atoms in total. The van der Waals surface area contributed by atoms with Gasteiger partial charge in [-0.25, -0.2) is 4.98 Å². The second-order valence-electron chi connectivity index (χ2n) is 6.55. The Morgan fingerprint density at radius 3 is 2.52 bits per heavy atom. The lowest BCUT2D eigenvalue weighted by Gasteiger charge is -2.33. The molecular weight excluding hydrogens is 264 g/mol. The normalized spacial score (nSPS) is 15.3. The lowest BCUT2D eigenvalue weighted by Crippen LogP contribution is -2.41. The number of aliphatic hydroxyl groups excluding tert-OH is 1. The molecule has 0 fully saturated rings. The fourth-order valence-corrected chi connectivity index (χ4v) is 3.02. The van der Waals surface area contributed by atoms with E-state index in [-0.39, 0.29) is 11.5 Å². The third-order valence-electron chi connectivity index (χ3n) is 3.90. The third kappa shape index (κ3) is 3.27. The van der Waals surface area contributed by atoms with Crippen LogP contribution in [0.15, 0.2) is 24.3 Å². The predicted molar refractivity (Wildman–Crippen MR) is 85.4 cm³/mol. The molecular formula is C17H26N2O2. The number of fused-ring (bicyclic) bond motifs is 1. The highest BCUT2D eigenvalue weighted by Crippen LogP contribution is 2.27. The van der Waals surface area contributed by atoms with Gasteiger partial charge in [0, 0.05) is 20.1 Å². The van der Waals surface area contributed by atoms with Crippen molar-refractivity contribution in [1.29, 1.82) is 0 Å². The molecule has 1 aromatic carbocycles. The van der Waals surface area contributed by atoms with Crippen molar-refractivity contribution in [3.8, 4) is 0 Å². The van der Waals surface area contributed by atoms with Crippen LogP contribution in [0.25, 0.3) is 11.0 Å². The largest absolute Gasteiger partial charge is 0.390 e. The predicted octanol–water partition coefficient (Wildman–Crippen LogP) is 3.02. The molecule has 2 unspecified atom stereocenters. The molecule has 1 aromatic heterocycles. The molecule has 2 rings (SSSR count). The summed E-state index contributed by atoms with van der Waals surface area (Å²) in [6, 6.07) is 8.08. The Morgan fingerprint density at radius 2 is 1.95 bits per heavy atom. The van der Waals surface area contributed by atoms with Gasteiger partial charge in [0.1, 0.15) is 5.82 Å². The minimum Gasteiger partial charge on any atom is -0.390 e. The second kappa shape index (κ2) is 6.16. The van der Waals surface area contributed by atoms with Crippen LogP contribution < -0.4 is 0 Å². The fraction of sp³-hybridized carbons (Fsp3) is 0.588. The maximum atomic E-state index is 10.6. The quantitative estimate of drug-likeness (QED) is 0.920. The van der Waals surface area contributed by atoms with Gasteiger partial charge < -0.3 is 14.4 Å². The summed E-state index contributed by atoms with van der Waals surface area (Å²) in [5.74, 6) is 0.914. The Labute approximate surface area is 126 Å². The summed E-state index contributed by atoms with van der Waals surface area (Å²) in [5, 5.41) is 10.6. The van der Waals surface area contributed by atoms with Gasteiger partial charge in [-0.05, 0) is 24.5 Å². The van der Waals surface area contributed by atoms with Crippen LogP contribution in [0.2, 0.25) is 0 Å². The standard InChI is InChI=1S/C17H26N2O2/c1-6-19-13-10-8-7-9-12(13)18-15(19)11-14(20)16(21-5)17(2,3)4/h7-10,14,16,20H,6,11H2,1-5H3. The molecule has 116 valence electrons. The number of methoxy groups -OCH3 is 1. The molecule has 0 amide bonds. The molecule has 2 atom stereocenters. The smallest absolute Gasteiger partial charge is 0.112 e. The van der Waals surface area contributed by atoms with Gasteiger partial charge in [-0.3, -0.25) is 0 Å². The lowest BCUT2D eigenvalue weighted by molar-refractivity contribution is -0.0707. The van der Waals surface area contributed by atoms with E-state index < -0.39 is 6.10 Å². The van der Waals surface area contributed by atoms with Crippen molar-refractivity contribution in [3.05, 3.63) is 30.1 Å². The summed E-state index contributed by atoms with van der Waals surface area (Å²) >= 11 is 0. The number of nitrogens with zero attached hydrogens (tertiary/aromatic N) is 2. The Balaban J connectivity index is 2.30. The van der Waals surface area contributed by atoms with E-state index in [9.17, 15) is 5.11 Å². The fourth-order valence-electron chi connectivity index (χ4n) is 3.02. The minimum atomic E-state index is -0.572. The number of hydrogen-bond acceptors (Lipinski definition) is 3. The molecule has 0 spiro atoms. The van der Waals surface area contributed by atoms with Crippen LogP contribution >= 0.6 is 0 Å². The molecule has 1 N–H and O–H groups in total. The van der Waals surface area contributed by atoms with Crippen LogP contribution in [0.4, 0.5) is 0 Å². The van der Waals surface area contributed by atoms with E-state index >= 15 is 0 Å². The summed E-state index contributed by atoms with van der Waals surface area (Å²) in [4.78, 5) is 4.67. The van der Waals surface area contributed by atoms with Gasteiger partial charge in [-0.2, -0.15) is 0 Å². The van der Waals surface area contributed by atoms with Crippen LogP contribution in [0.1, 0.15) is 33.5 Å². The highest BCUT2D eigenvalue weighted by atomic mass is 16.5. The summed E-state index contributed by atoms with van der Waals surface area (Å²) in [6.45, 7) is 9.17. The molecule has 4 heteroatoms. The van der Waals surface area contributed by atoms with Crippen molar-refractivity contribution >= 4 is 11.0 Å². The summed E-state index contributed by atoms with van der Waals surface area (Å²) in [7, 11) is 1.65. The number of para-hydroxylation sites is 2. The number of aliphatic hydroxyl groups is 1. The van der Waals surface area contributed by atoms with Gasteiger partial charge in [-0.15, -0.1) is 0 Å². The van der Waals surface area contributed by atoms with Crippen LogP contribution in [0.5, 0.6) is 0 Å². The Hall–Kier alpha value is -1.39. The van der Waals surface area contributed by atoms with E-state index in [4.69, 9.17) is 4.74 Å². The highest BCUT2D eigenvalue weighted by molar-refractivity contribution is 5.75. The molecule has 0 saturated carbocycles. The highest BCUT2D eigenvalue weighted by Gasteiger charge is 2.32. The van der Waals surface area contributed by atoms with E-state index in [1.54, 1.807) is 7.11 Å². The first-order chi connectivity index (χ1) is 9.88. The van der Waals surface area contributed by atoms with Gasteiger partial charge in [0.2, 0.25) is 0 Å². The van der Waals surface area contributed by atoms with Gasteiger partial charge in [0.25, 0.3) is 0 Å². The molecule has 2 aromatic rings. The van der Waals surface area contributed by atoms with Crippen molar-refractivity contribution in [2.75, 3.05) is 7.11 Å². The zero-order valence-electron chi connectivity index (χ0n) is 13.6. The number of rotatable bonds is 5. The molecule has 0 saturated heterocycles. The number of ether oxygens (including phenoxy) is 1. The molecule has 21 heavy (non-hydrogen) atoms. The number of imidazole rings is 1. The Morgan fingerprint density at radius 1 is 1.29 bits per heavy atom. The molecule has 0 radical (unpaired) electrons. The Kier molecular flexibility index (Phi) is 4.69. The summed E-state index contributed by atoms with van der Waals surface area (Å²) in [5.41, 5.74) is 1.98. The lowest BCUT2D eigenvalue weighted by atomic mass is 9.84. The van der Waals surface area contributed by atoms with Gasteiger partial charge in [-0.1, -0.05) is 32.9 Å². The van der Waals surface area contributed by atoms with Crippen LogP contribution in [0.3, 0.4) is 0 Å². The van der Waals surface area contributed by atoms with E-state index in [1.165, 1.54) is 0 Å². The summed E-state index contributed by atoms with van der Waals surface area (Å²) < 4.78 is 7.67. The maximum absolute atomic E-state index is 10.6. The van der Waals surface area contributed by atoms with Gasteiger partial charge in [0.15, 0.2) is 0 Å². The number of aryl methyl sites for hydroxylation is 1. The van der Waals surface area contributed by atoms with Gasteiger partial charge in [0.05, 0.1) is 23.2 Å². The first kappa shape index (κ1) is 16.0. The van der Waals surface area contributed by atoms with Gasteiger partial charge >= 0.3 is 0 Å². The van der Waals surface area contributed by atoms with Crippen LogP contribution in [0, 0.1) is 5.41 Å². The van der Waals surface area contributed by atoms with Crippen molar-refractivity contribution in [1.82, 2.24) is 9.55 Å². The Bertz CT molecular complexity index is 598. The van der Waals surface area contributed by atoms with Crippen LogP contribution in [-0.4, -0.2) is 34.0 Å². The van der Waals surface area contributed by atoms with Crippen molar-refractivity contribution < 1.29 is 9.84 Å². The van der Waals surface area contributed by atoms with E-state index in [0.717, 1.165) is 23.4 Å². The van der Waals surface area contributed by atoms with Crippen molar-refractivity contribution in [3.63, 3.8) is 0 Å². The monoisotopic (exact) mass is 290 g/mol. The molecule has 0 aliphatic rings. The topological polar surface area (TPSA) is 47.3 Å². The van der Waals surface area contributed by atoms with E-state index in [2.05, 4.69) is 43.3 Å². The minimum absolute atomic E-state index is 0.114. The van der Waals surface area contributed by atoms with Crippen molar-refractivity contribution in [2.45, 2.75) is 52.9 Å². The molecule has 0 aliphatic heterocycles. The SMILES string of the molecule is CCn1c(CC(O)C(OC)C(C)(C)C)nc2ccccc21. The maximum Gasteiger partial charge on any atom is 0.112 e. The zero-order chi connectivity index (χ0) is 15.6. The van der Waals surface area contributed by atoms with Crippen LogP contribution in [-0.2, 0) is 17.7 Å². The average molecular weight is 290 g/mol. The number of hydrogen-bond donors (Lipinski definition) is 1. The first-order valence-electron chi connectivity index (χ1n) is 7.53. The second-order valence-corrected chi connectivity index (χ2v) is 6.55. The van der Waals surface area contributed by atoms with E-state index in [1.807, 2.05) is 18.2 Å². The van der Waals surface area contributed by atoms with Crippen molar-refractivity contribution in [2.24, 2.45) is 5.41 Å². The first-order valence-corrected chi connectivity index (χ1v) is 7.53. The number of benzene rings is 1. The average Bonchev–Trinajstić information content (AvgIpc) is 2.74. The molecule has 1 heterocycles.